The predicted octanol–water partition coefficient (Wildman–Crippen LogP) is 1.12. The molecule has 1 aliphatic heterocycles. The van der Waals surface area contributed by atoms with Gasteiger partial charge in [-0.05, 0) is 12.8 Å². The van der Waals surface area contributed by atoms with Crippen LogP contribution in [-0.4, -0.2) is 32.5 Å². The third kappa shape index (κ3) is 2.26. The maximum absolute atomic E-state index is 5.62. The summed E-state index contributed by atoms with van der Waals surface area (Å²) in [6.45, 7) is 0.895. The summed E-state index contributed by atoms with van der Waals surface area (Å²) in [6, 6.07) is 0.0908. The first-order chi connectivity index (χ1) is 9.78. The summed E-state index contributed by atoms with van der Waals surface area (Å²) in [5.74, 6) is 3.81. The van der Waals surface area contributed by atoms with Crippen molar-refractivity contribution in [3.8, 4) is 23.6 Å². The number of nitrogens with two attached hydrogens (primary N) is 1. The lowest BCUT2D eigenvalue weighted by atomic mass is 10.2. The minimum atomic E-state index is 0.0908. The van der Waals surface area contributed by atoms with Crippen LogP contribution >= 0.6 is 0 Å². The SMILES string of the molecule is C#C[C@H]1CCCN1c1ncc(-c2cncc(N)n2)cn1. The molecule has 2 aromatic heterocycles. The van der Waals surface area contributed by atoms with Gasteiger partial charge < -0.3 is 10.6 Å². The summed E-state index contributed by atoms with van der Waals surface area (Å²) in [4.78, 5) is 19.0. The van der Waals surface area contributed by atoms with Gasteiger partial charge in [0, 0.05) is 24.5 Å². The lowest BCUT2D eigenvalue weighted by molar-refractivity contribution is 0.802. The highest BCUT2D eigenvalue weighted by molar-refractivity contribution is 5.58. The monoisotopic (exact) mass is 266 g/mol. The van der Waals surface area contributed by atoms with Crippen LogP contribution in [0.2, 0.25) is 0 Å². The normalized spacial score (nSPS) is 17.9. The van der Waals surface area contributed by atoms with Crippen molar-refractivity contribution < 1.29 is 0 Å². The lowest BCUT2D eigenvalue weighted by Gasteiger charge is -2.20. The molecule has 6 nitrogen and oxygen atoms in total. The van der Waals surface area contributed by atoms with E-state index in [0.29, 0.717) is 17.5 Å². The van der Waals surface area contributed by atoms with Gasteiger partial charge in [0.1, 0.15) is 5.82 Å². The number of rotatable bonds is 2. The molecule has 100 valence electrons. The van der Waals surface area contributed by atoms with Crippen molar-refractivity contribution in [3.05, 3.63) is 24.8 Å². The van der Waals surface area contributed by atoms with Crippen LogP contribution in [0.4, 0.5) is 11.8 Å². The molecule has 1 atom stereocenters. The Labute approximate surface area is 117 Å². The van der Waals surface area contributed by atoms with Gasteiger partial charge in [0.25, 0.3) is 0 Å². The fraction of sp³-hybridized carbons (Fsp3) is 0.286. The van der Waals surface area contributed by atoms with E-state index in [1.165, 1.54) is 6.20 Å². The number of terminal acetylenes is 1. The van der Waals surface area contributed by atoms with E-state index in [1.54, 1.807) is 18.6 Å². The van der Waals surface area contributed by atoms with Crippen molar-refractivity contribution in [2.45, 2.75) is 18.9 Å². The molecular formula is C14H14N6. The van der Waals surface area contributed by atoms with Gasteiger partial charge in [-0.15, -0.1) is 6.42 Å². The first-order valence-electron chi connectivity index (χ1n) is 6.40. The first-order valence-corrected chi connectivity index (χ1v) is 6.40. The van der Waals surface area contributed by atoms with Crippen LogP contribution in [0.15, 0.2) is 24.8 Å². The quantitative estimate of drug-likeness (QED) is 0.820. The second kappa shape index (κ2) is 5.13. The number of hydrogen-bond acceptors (Lipinski definition) is 6. The number of anilines is 2. The van der Waals surface area contributed by atoms with Gasteiger partial charge in [0.2, 0.25) is 5.95 Å². The Morgan fingerprint density at radius 2 is 2.05 bits per heavy atom. The molecule has 2 N–H and O–H groups in total. The molecule has 1 aliphatic rings. The van der Waals surface area contributed by atoms with Crippen LogP contribution in [0.3, 0.4) is 0 Å². The van der Waals surface area contributed by atoms with Crippen LogP contribution in [-0.2, 0) is 0 Å². The molecule has 0 aromatic carbocycles. The minimum absolute atomic E-state index is 0.0908. The van der Waals surface area contributed by atoms with E-state index in [1.807, 2.05) is 0 Å². The van der Waals surface area contributed by atoms with E-state index < -0.39 is 0 Å². The summed E-state index contributed by atoms with van der Waals surface area (Å²) < 4.78 is 0. The molecule has 0 bridgehead atoms. The molecule has 3 rings (SSSR count). The molecule has 6 heteroatoms. The second-order valence-corrected chi connectivity index (χ2v) is 4.62. The fourth-order valence-corrected chi connectivity index (χ4v) is 2.30. The van der Waals surface area contributed by atoms with Crippen molar-refractivity contribution in [1.29, 1.82) is 0 Å². The Morgan fingerprint density at radius 3 is 2.75 bits per heavy atom. The molecular weight excluding hydrogens is 252 g/mol. The van der Waals surface area contributed by atoms with Gasteiger partial charge >= 0.3 is 0 Å². The molecule has 2 aromatic rings. The fourth-order valence-electron chi connectivity index (χ4n) is 2.30. The molecule has 0 amide bonds. The summed E-state index contributed by atoms with van der Waals surface area (Å²) in [7, 11) is 0. The Hall–Kier alpha value is -2.68. The number of hydrogen-bond donors (Lipinski definition) is 1. The molecule has 0 saturated carbocycles. The maximum atomic E-state index is 5.62. The van der Waals surface area contributed by atoms with Crippen molar-refractivity contribution in [3.63, 3.8) is 0 Å². The highest BCUT2D eigenvalue weighted by Crippen LogP contribution is 2.23. The second-order valence-electron chi connectivity index (χ2n) is 4.62. The third-order valence-corrected chi connectivity index (χ3v) is 3.29. The van der Waals surface area contributed by atoms with E-state index in [-0.39, 0.29) is 6.04 Å². The first kappa shape index (κ1) is 12.4. The van der Waals surface area contributed by atoms with Crippen molar-refractivity contribution in [1.82, 2.24) is 19.9 Å². The Kier molecular flexibility index (Phi) is 3.17. The van der Waals surface area contributed by atoms with Crippen LogP contribution in [0.1, 0.15) is 12.8 Å². The van der Waals surface area contributed by atoms with Crippen molar-refractivity contribution in [2.75, 3.05) is 17.2 Å². The molecule has 1 fully saturated rings. The molecule has 1 saturated heterocycles. The van der Waals surface area contributed by atoms with Crippen molar-refractivity contribution in [2.24, 2.45) is 0 Å². The Balaban J connectivity index is 1.87. The number of aromatic nitrogens is 4. The number of nitrogens with zero attached hydrogens (tertiary/aromatic N) is 5. The van der Waals surface area contributed by atoms with Gasteiger partial charge in [-0.3, -0.25) is 4.98 Å². The zero-order chi connectivity index (χ0) is 13.9. The summed E-state index contributed by atoms with van der Waals surface area (Å²) in [5.41, 5.74) is 7.06. The van der Waals surface area contributed by atoms with E-state index >= 15 is 0 Å². The maximum Gasteiger partial charge on any atom is 0.226 e. The summed E-state index contributed by atoms with van der Waals surface area (Å²) >= 11 is 0. The topological polar surface area (TPSA) is 80.8 Å². The average molecular weight is 266 g/mol. The molecule has 20 heavy (non-hydrogen) atoms. The standard InChI is InChI=1S/C14H14N6/c1-2-11-4-3-5-20(11)14-17-6-10(7-18-14)12-8-16-9-13(15)19-12/h1,6-9,11H,3-5H2,(H2,15,19)/t11-/m0/s1. The molecule has 0 aliphatic carbocycles. The van der Waals surface area contributed by atoms with E-state index in [9.17, 15) is 0 Å². The van der Waals surface area contributed by atoms with Gasteiger partial charge in [0.05, 0.1) is 24.1 Å². The third-order valence-electron chi connectivity index (χ3n) is 3.29. The van der Waals surface area contributed by atoms with Crippen LogP contribution in [0.25, 0.3) is 11.3 Å². The Bertz CT molecular complexity index is 645. The molecule has 0 radical (unpaired) electrons. The van der Waals surface area contributed by atoms with Gasteiger partial charge in [-0.25, -0.2) is 15.0 Å². The van der Waals surface area contributed by atoms with Gasteiger partial charge in [0.15, 0.2) is 0 Å². The van der Waals surface area contributed by atoms with Crippen molar-refractivity contribution >= 4 is 11.8 Å². The predicted molar refractivity (Wildman–Crippen MR) is 76.7 cm³/mol. The molecule has 0 unspecified atom stereocenters. The average Bonchev–Trinajstić information content (AvgIpc) is 2.96. The highest BCUT2D eigenvalue weighted by Gasteiger charge is 2.24. The van der Waals surface area contributed by atoms with Crippen LogP contribution in [0, 0.1) is 12.3 Å². The highest BCUT2D eigenvalue weighted by atomic mass is 15.3. The zero-order valence-corrected chi connectivity index (χ0v) is 10.9. The Morgan fingerprint density at radius 1 is 1.25 bits per heavy atom. The van der Waals surface area contributed by atoms with Crippen LogP contribution in [0.5, 0.6) is 0 Å². The summed E-state index contributed by atoms with van der Waals surface area (Å²) in [6.07, 6.45) is 14.2. The van der Waals surface area contributed by atoms with Crippen LogP contribution < -0.4 is 10.6 Å². The summed E-state index contributed by atoms with van der Waals surface area (Å²) in [5, 5.41) is 0. The van der Waals surface area contributed by atoms with E-state index in [2.05, 4.69) is 30.8 Å². The molecule has 3 heterocycles. The smallest absolute Gasteiger partial charge is 0.226 e. The zero-order valence-electron chi connectivity index (χ0n) is 10.9. The largest absolute Gasteiger partial charge is 0.382 e. The molecule has 0 spiro atoms. The van der Waals surface area contributed by atoms with Gasteiger partial charge in [-0.2, -0.15) is 0 Å². The minimum Gasteiger partial charge on any atom is -0.382 e. The van der Waals surface area contributed by atoms with E-state index in [0.717, 1.165) is 24.9 Å². The van der Waals surface area contributed by atoms with Gasteiger partial charge in [-0.1, -0.05) is 5.92 Å². The van der Waals surface area contributed by atoms with E-state index in [4.69, 9.17) is 12.2 Å². The number of nitrogen functional groups attached to an aromatic ring is 1. The lowest BCUT2D eigenvalue weighted by Crippen LogP contribution is -2.29.